The molecule has 0 saturated carbocycles. The Bertz CT molecular complexity index is 969. The van der Waals surface area contributed by atoms with Crippen molar-refractivity contribution in [3.8, 4) is 0 Å². The number of benzene rings is 1. The molecule has 1 unspecified atom stereocenters. The van der Waals surface area contributed by atoms with Crippen molar-refractivity contribution in [1.29, 1.82) is 0 Å². The summed E-state index contributed by atoms with van der Waals surface area (Å²) in [6.45, 7) is 2.15. The molecule has 2 aliphatic heterocycles. The zero-order valence-electron chi connectivity index (χ0n) is 15.9. The SMILES string of the molecule is O=C(Cc1ccc(S(=O)(=O)N2CCOCC2)s1)N1CCCC1c1ccc(F)cc1. The van der Waals surface area contributed by atoms with Gasteiger partial charge in [0, 0.05) is 24.5 Å². The Labute approximate surface area is 173 Å². The average Bonchev–Trinajstić information content (AvgIpc) is 3.39. The average molecular weight is 439 g/mol. The molecule has 0 bridgehead atoms. The van der Waals surface area contributed by atoms with Crippen LogP contribution in [0.5, 0.6) is 0 Å². The number of rotatable bonds is 5. The number of carbonyl (C=O) groups is 1. The summed E-state index contributed by atoms with van der Waals surface area (Å²) in [5.74, 6) is -0.328. The zero-order valence-corrected chi connectivity index (χ0v) is 17.6. The van der Waals surface area contributed by atoms with Gasteiger partial charge >= 0.3 is 0 Å². The molecule has 4 rings (SSSR count). The highest BCUT2D eigenvalue weighted by atomic mass is 32.2. The van der Waals surface area contributed by atoms with Gasteiger partial charge in [0.15, 0.2) is 0 Å². The number of halogens is 1. The number of sulfonamides is 1. The van der Waals surface area contributed by atoms with Crippen LogP contribution in [-0.2, 0) is 26.0 Å². The van der Waals surface area contributed by atoms with Crippen LogP contribution >= 0.6 is 11.3 Å². The van der Waals surface area contributed by atoms with Crippen LogP contribution in [0.3, 0.4) is 0 Å². The fraction of sp³-hybridized carbons (Fsp3) is 0.450. The summed E-state index contributed by atoms with van der Waals surface area (Å²) in [5.41, 5.74) is 0.930. The topological polar surface area (TPSA) is 66.9 Å². The Morgan fingerprint density at radius 3 is 2.55 bits per heavy atom. The highest BCUT2D eigenvalue weighted by molar-refractivity contribution is 7.91. The number of thiophene rings is 1. The van der Waals surface area contributed by atoms with Gasteiger partial charge in [-0.15, -0.1) is 11.3 Å². The van der Waals surface area contributed by atoms with Crippen molar-refractivity contribution in [2.45, 2.75) is 29.5 Å². The molecule has 29 heavy (non-hydrogen) atoms. The number of nitrogens with zero attached hydrogens (tertiary/aromatic N) is 2. The van der Waals surface area contributed by atoms with Crippen molar-refractivity contribution < 1.29 is 22.3 Å². The number of hydrogen-bond acceptors (Lipinski definition) is 5. The van der Waals surface area contributed by atoms with Gasteiger partial charge in [-0.25, -0.2) is 12.8 Å². The van der Waals surface area contributed by atoms with Crippen molar-refractivity contribution in [2.75, 3.05) is 32.8 Å². The third-order valence-electron chi connectivity index (χ3n) is 5.35. The van der Waals surface area contributed by atoms with Crippen molar-refractivity contribution in [1.82, 2.24) is 9.21 Å². The minimum atomic E-state index is -3.54. The third kappa shape index (κ3) is 4.37. The quantitative estimate of drug-likeness (QED) is 0.720. The Morgan fingerprint density at radius 1 is 1.10 bits per heavy atom. The van der Waals surface area contributed by atoms with E-state index >= 15 is 0 Å². The molecule has 1 amide bonds. The lowest BCUT2D eigenvalue weighted by Crippen LogP contribution is -2.40. The first-order valence-corrected chi connectivity index (χ1v) is 11.9. The molecule has 0 N–H and O–H groups in total. The van der Waals surface area contributed by atoms with Gasteiger partial charge in [-0.2, -0.15) is 4.31 Å². The molecule has 0 spiro atoms. The minimum absolute atomic E-state index is 0.0333. The third-order valence-corrected chi connectivity index (χ3v) is 8.81. The number of likely N-dealkylation sites (tertiary alicyclic amines) is 1. The van der Waals surface area contributed by atoms with Crippen LogP contribution in [0.4, 0.5) is 4.39 Å². The molecule has 0 radical (unpaired) electrons. The van der Waals surface area contributed by atoms with E-state index in [1.807, 2.05) is 4.90 Å². The minimum Gasteiger partial charge on any atom is -0.379 e. The molecule has 9 heteroatoms. The van der Waals surface area contributed by atoms with Gasteiger partial charge in [0.2, 0.25) is 5.91 Å². The van der Waals surface area contributed by atoms with Crippen LogP contribution < -0.4 is 0 Å². The van der Waals surface area contributed by atoms with Gasteiger partial charge in [-0.05, 0) is 42.7 Å². The second-order valence-electron chi connectivity index (χ2n) is 7.21. The summed E-state index contributed by atoms with van der Waals surface area (Å²) in [7, 11) is -3.54. The normalized spacial score (nSPS) is 20.9. The Balaban J connectivity index is 1.45. The first-order chi connectivity index (χ1) is 13.9. The maximum Gasteiger partial charge on any atom is 0.252 e. The van der Waals surface area contributed by atoms with Crippen molar-refractivity contribution in [3.05, 3.63) is 52.7 Å². The first kappa shape index (κ1) is 20.5. The molecule has 2 fully saturated rings. The van der Waals surface area contributed by atoms with E-state index in [0.717, 1.165) is 34.6 Å². The molecule has 1 aromatic carbocycles. The number of ether oxygens (including phenoxy) is 1. The number of carbonyl (C=O) groups excluding carboxylic acids is 1. The van der Waals surface area contributed by atoms with Gasteiger partial charge in [-0.1, -0.05) is 12.1 Å². The van der Waals surface area contributed by atoms with E-state index in [1.165, 1.54) is 16.4 Å². The summed E-state index contributed by atoms with van der Waals surface area (Å²) in [6.07, 6.45) is 1.91. The fourth-order valence-electron chi connectivity index (χ4n) is 3.85. The molecule has 1 atom stereocenters. The predicted molar refractivity (Wildman–Crippen MR) is 108 cm³/mol. The smallest absolute Gasteiger partial charge is 0.252 e. The molecule has 6 nitrogen and oxygen atoms in total. The standard InChI is InChI=1S/C20H23FN2O4S2/c21-16-5-3-15(4-6-16)18-2-1-9-23(18)19(24)14-17-7-8-20(28-17)29(25,26)22-10-12-27-13-11-22/h3-8,18H,1-2,9-14H2. The predicted octanol–water partition coefficient (Wildman–Crippen LogP) is 2.81. The van der Waals surface area contributed by atoms with Gasteiger partial charge in [0.1, 0.15) is 10.0 Å². The monoisotopic (exact) mass is 438 g/mol. The van der Waals surface area contributed by atoms with Crippen molar-refractivity contribution >= 4 is 27.3 Å². The maximum atomic E-state index is 13.2. The summed E-state index contributed by atoms with van der Waals surface area (Å²) < 4.78 is 45.7. The highest BCUT2D eigenvalue weighted by Gasteiger charge is 2.31. The van der Waals surface area contributed by atoms with Crippen molar-refractivity contribution in [3.63, 3.8) is 0 Å². The lowest BCUT2D eigenvalue weighted by Gasteiger charge is -2.25. The summed E-state index contributed by atoms with van der Waals surface area (Å²) in [4.78, 5) is 15.5. The largest absolute Gasteiger partial charge is 0.379 e. The molecule has 2 saturated heterocycles. The van der Waals surface area contributed by atoms with E-state index in [-0.39, 0.29) is 28.4 Å². The molecule has 2 aliphatic rings. The van der Waals surface area contributed by atoms with Gasteiger partial charge < -0.3 is 9.64 Å². The maximum absolute atomic E-state index is 13.2. The molecule has 2 aromatic rings. The summed E-state index contributed by atoms with van der Waals surface area (Å²) in [6, 6.07) is 9.53. The Kier molecular flexibility index (Phi) is 6.00. The van der Waals surface area contributed by atoms with Crippen LogP contribution in [-0.4, -0.2) is 56.4 Å². The van der Waals surface area contributed by atoms with E-state index in [4.69, 9.17) is 4.74 Å². The first-order valence-electron chi connectivity index (χ1n) is 9.67. The molecular formula is C20H23FN2O4S2. The molecule has 3 heterocycles. The van der Waals surface area contributed by atoms with E-state index < -0.39 is 10.0 Å². The lowest BCUT2D eigenvalue weighted by atomic mass is 10.0. The fourth-order valence-corrected chi connectivity index (χ4v) is 6.76. The van der Waals surface area contributed by atoms with E-state index in [9.17, 15) is 17.6 Å². The molecular weight excluding hydrogens is 415 g/mol. The van der Waals surface area contributed by atoms with Crippen LogP contribution in [0, 0.1) is 5.82 Å². The van der Waals surface area contributed by atoms with Gasteiger partial charge in [0.05, 0.1) is 25.7 Å². The lowest BCUT2D eigenvalue weighted by molar-refractivity contribution is -0.131. The molecule has 0 aliphatic carbocycles. The van der Waals surface area contributed by atoms with Crippen LogP contribution in [0.15, 0.2) is 40.6 Å². The number of amides is 1. The number of hydrogen-bond donors (Lipinski definition) is 0. The van der Waals surface area contributed by atoms with Crippen LogP contribution in [0.1, 0.15) is 29.3 Å². The highest BCUT2D eigenvalue weighted by Crippen LogP contribution is 2.33. The van der Waals surface area contributed by atoms with E-state index in [0.29, 0.717) is 32.8 Å². The second-order valence-corrected chi connectivity index (χ2v) is 10.5. The van der Waals surface area contributed by atoms with Crippen LogP contribution in [0.25, 0.3) is 0 Å². The summed E-state index contributed by atoms with van der Waals surface area (Å²) >= 11 is 1.15. The zero-order chi connectivity index (χ0) is 20.4. The summed E-state index contributed by atoms with van der Waals surface area (Å²) in [5, 5.41) is 0. The second kappa shape index (κ2) is 8.51. The number of morpholine rings is 1. The molecule has 156 valence electrons. The van der Waals surface area contributed by atoms with Crippen molar-refractivity contribution in [2.24, 2.45) is 0 Å². The van der Waals surface area contributed by atoms with E-state index in [1.54, 1.807) is 24.3 Å². The Hall–Kier alpha value is -1.81. The van der Waals surface area contributed by atoms with Gasteiger partial charge in [0.25, 0.3) is 10.0 Å². The van der Waals surface area contributed by atoms with Gasteiger partial charge in [-0.3, -0.25) is 4.79 Å². The Morgan fingerprint density at radius 2 is 1.83 bits per heavy atom. The van der Waals surface area contributed by atoms with Crippen LogP contribution in [0.2, 0.25) is 0 Å². The van der Waals surface area contributed by atoms with E-state index in [2.05, 4.69) is 0 Å². The molecule has 1 aromatic heterocycles.